The molecule has 118 valence electrons. The van der Waals surface area contributed by atoms with Crippen LogP contribution in [-0.2, 0) is 14.2 Å². The van der Waals surface area contributed by atoms with E-state index < -0.39 is 5.82 Å². The van der Waals surface area contributed by atoms with Gasteiger partial charge in [0, 0.05) is 0 Å². The number of ether oxygens (including phenoxy) is 3. The molecule has 2 aliphatic rings. The van der Waals surface area contributed by atoms with E-state index in [0.717, 1.165) is 37.9 Å². The normalized spacial score (nSPS) is 27.4. The van der Waals surface area contributed by atoms with E-state index in [1.54, 1.807) is 6.07 Å². The van der Waals surface area contributed by atoms with Crippen molar-refractivity contribution < 1.29 is 18.6 Å². The van der Waals surface area contributed by atoms with E-state index in [2.05, 4.69) is 0 Å². The second-order valence-electron chi connectivity index (χ2n) is 5.94. The zero-order valence-corrected chi connectivity index (χ0v) is 12.5. The van der Waals surface area contributed by atoms with E-state index in [-0.39, 0.29) is 17.8 Å². The second kappa shape index (κ2) is 7.19. The van der Waals surface area contributed by atoms with E-state index in [4.69, 9.17) is 19.5 Å². The molecule has 3 rings (SSSR count). The smallest absolute Gasteiger partial charge is 0.147 e. The van der Waals surface area contributed by atoms with Gasteiger partial charge < -0.3 is 14.2 Å². The minimum absolute atomic E-state index is 0.109. The molecule has 5 heteroatoms. The molecule has 1 saturated heterocycles. The quantitative estimate of drug-likeness (QED) is 0.460. The first-order valence-electron chi connectivity index (χ1n) is 7.76. The maximum atomic E-state index is 13.7. The Labute approximate surface area is 129 Å². The third-order valence-electron chi connectivity index (χ3n) is 4.35. The van der Waals surface area contributed by atoms with Crippen LogP contribution in [0.25, 0.3) is 0 Å². The second-order valence-corrected chi connectivity index (χ2v) is 5.94. The van der Waals surface area contributed by atoms with Crippen molar-refractivity contribution in [1.29, 1.82) is 5.26 Å². The van der Waals surface area contributed by atoms with Gasteiger partial charge in [-0.25, -0.2) is 4.39 Å². The third kappa shape index (κ3) is 4.04. The first-order chi connectivity index (χ1) is 10.8. The van der Waals surface area contributed by atoms with Gasteiger partial charge in [0.05, 0.1) is 24.9 Å². The summed E-state index contributed by atoms with van der Waals surface area (Å²) in [6.45, 7) is 1.73. The molecule has 1 aromatic rings. The van der Waals surface area contributed by atoms with E-state index >= 15 is 0 Å². The summed E-state index contributed by atoms with van der Waals surface area (Å²) < 4.78 is 29.8. The van der Waals surface area contributed by atoms with Gasteiger partial charge >= 0.3 is 0 Å². The first-order valence-corrected chi connectivity index (χ1v) is 7.76. The molecule has 22 heavy (non-hydrogen) atoms. The molecule has 0 spiro atoms. The Morgan fingerprint density at radius 3 is 2.68 bits per heavy atom. The lowest BCUT2D eigenvalue weighted by molar-refractivity contribution is -0.102. The third-order valence-corrected chi connectivity index (χ3v) is 4.35. The number of hydrogen-bond donors (Lipinski definition) is 0. The Morgan fingerprint density at radius 2 is 2.05 bits per heavy atom. The van der Waals surface area contributed by atoms with Gasteiger partial charge in [-0.05, 0) is 49.3 Å². The molecule has 1 atom stereocenters. The summed E-state index contributed by atoms with van der Waals surface area (Å²) in [5, 5.41) is 8.77. The van der Waals surface area contributed by atoms with Gasteiger partial charge in [0.2, 0.25) is 0 Å². The summed E-state index contributed by atoms with van der Waals surface area (Å²) in [7, 11) is 0. The molecule has 0 amide bonds. The van der Waals surface area contributed by atoms with Crippen LogP contribution in [0.3, 0.4) is 0 Å². The molecule has 2 fully saturated rings. The highest BCUT2D eigenvalue weighted by Crippen LogP contribution is 2.34. The molecular weight excluding hydrogens is 285 g/mol. The van der Waals surface area contributed by atoms with Crippen molar-refractivity contribution in [2.24, 2.45) is 0 Å². The summed E-state index contributed by atoms with van der Waals surface area (Å²) in [5.74, 6) is -0.0723. The Hall–Kier alpha value is -1.48. The SMILES string of the molecule is N#Cc1ccc(C2CCC(OCOCC3CO3)CC2)cc1F. The lowest BCUT2D eigenvalue weighted by Gasteiger charge is -2.28. The topological polar surface area (TPSA) is 54.8 Å². The number of epoxide rings is 1. The summed E-state index contributed by atoms with van der Waals surface area (Å²) >= 11 is 0. The molecule has 1 unspecified atom stereocenters. The van der Waals surface area contributed by atoms with Crippen LogP contribution in [0.5, 0.6) is 0 Å². The maximum Gasteiger partial charge on any atom is 0.147 e. The van der Waals surface area contributed by atoms with Crippen molar-refractivity contribution in [3.63, 3.8) is 0 Å². The highest BCUT2D eigenvalue weighted by Gasteiger charge is 2.25. The van der Waals surface area contributed by atoms with Gasteiger partial charge in [0.15, 0.2) is 0 Å². The van der Waals surface area contributed by atoms with Gasteiger partial charge in [-0.1, -0.05) is 6.07 Å². The van der Waals surface area contributed by atoms with Crippen molar-refractivity contribution in [2.75, 3.05) is 20.0 Å². The van der Waals surface area contributed by atoms with Crippen LogP contribution in [0, 0.1) is 17.1 Å². The van der Waals surface area contributed by atoms with Crippen LogP contribution in [0.4, 0.5) is 4.39 Å². The molecule has 1 aliphatic heterocycles. The van der Waals surface area contributed by atoms with Crippen molar-refractivity contribution in [3.05, 3.63) is 35.1 Å². The average molecular weight is 305 g/mol. The van der Waals surface area contributed by atoms with Crippen LogP contribution in [-0.4, -0.2) is 32.2 Å². The van der Waals surface area contributed by atoms with Gasteiger partial charge in [-0.2, -0.15) is 5.26 Å². The van der Waals surface area contributed by atoms with Crippen LogP contribution >= 0.6 is 0 Å². The zero-order chi connectivity index (χ0) is 15.4. The standard InChI is InChI=1S/C17H20FNO3/c18-17-7-13(1-2-14(17)8-19)12-3-5-15(6-4-12)22-11-20-9-16-10-21-16/h1-2,7,12,15-16H,3-6,9-11H2. The molecule has 4 nitrogen and oxygen atoms in total. The van der Waals surface area contributed by atoms with Gasteiger partial charge in [-0.15, -0.1) is 0 Å². The monoisotopic (exact) mass is 305 g/mol. The number of hydrogen-bond acceptors (Lipinski definition) is 4. The van der Waals surface area contributed by atoms with Crippen molar-refractivity contribution in [1.82, 2.24) is 0 Å². The summed E-state index contributed by atoms with van der Waals surface area (Å²) in [4.78, 5) is 0. The molecule has 1 aliphatic carbocycles. The fraction of sp³-hybridized carbons (Fsp3) is 0.588. The molecule has 1 heterocycles. The number of benzene rings is 1. The Morgan fingerprint density at radius 1 is 1.27 bits per heavy atom. The Bertz CT molecular complexity index is 545. The summed E-state index contributed by atoms with van der Waals surface area (Å²) in [5.41, 5.74) is 1.09. The lowest BCUT2D eigenvalue weighted by atomic mass is 9.82. The summed E-state index contributed by atoms with van der Waals surface area (Å²) in [6.07, 6.45) is 4.35. The number of nitriles is 1. The fourth-order valence-electron chi connectivity index (χ4n) is 2.93. The Balaban J connectivity index is 1.42. The molecule has 0 bridgehead atoms. The van der Waals surface area contributed by atoms with Crippen LogP contribution < -0.4 is 0 Å². The lowest BCUT2D eigenvalue weighted by Crippen LogP contribution is -2.22. The van der Waals surface area contributed by atoms with Crippen LogP contribution in [0.2, 0.25) is 0 Å². The average Bonchev–Trinajstić information content (AvgIpc) is 3.36. The first kappa shape index (κ1) is 15.4. The number of halogens is 1. The van der Waals surface area contributed by atoms with Gasteiger partial charge in [0.25, 0.3) is 0 Å². The zero-order valence-electron chi connectivity index (χ0n) is 12.5. The van der Waals surface area contributed by atoms with Crippen LogP contribution in [0.1, 0.15) is 42.7 Å². The van der Waals surface area contributed by atoms with Crippen molar-refractivity contribution in [3.8, 4) is 6.07 Å². The van der Waals surface area contributed by atoms with Crippen molar-refractivity contribution in [2.45, 2.75) is 43.8 Å². The molecule has 1 saturated carbocycles. The predicted molar refractivity (Wildman–Crippen MR) is 77.8 cm³/mol. The van der Waals surface area contributed by atoms with Crippen LogP contribution in [0.15, 0.2) is 18.2 Å². The van der Waals surface area contributed by atoms with E-state index in [1.807, 2.05) is 12.1 Å². The van der Waals surface area contributed by atoms with E-state index in [9.17, 15) is 4.39 Å². The highest BCUT2D eigenvalue weighted by atomic mass is 19.1. The Kier molecular flexibility index (Phi) is 5.04. The summed E-state index contributed by atoms with van der Waals surface area (Å²) in [6, 6.07) is 6.80. The highest BCUT2D eigenvalue weighted by molar-refractivity contribution is 5.34. The predicted octanol–water partition coefficient (Wildman–Crippen LogP) is 3.11. The van der Waals surface area contributed by atoms with E-state index in [0.29, 0.717) is 19.3 Å². The minimum Gasteiger partial charge on any atom is -0.371 e. The maximum absolute atomic E-state index is 13.7. The number of nitrogens with zero attached hydrogens (tertiary/aromatic N) is 1. The van der Waals surface area contributed by atoms with Crippen molar-refractivity contribution >= 4 is 0 Å². The largest absolute Gasteiger partial charge is 0.371 e. The van der Waals surface area contributed by atoms with Gasteiger partial charge in [-0.3, -0.25) is 0 Å². The molecule has 1 aromatic carbocycles. The molecule has 0 N–H and O–H groups in total. The van der Waals surface area contributed by atoms with Gasteiger partial charge in [0.1, 0.15) is 24.8 Å². The molecular formula is C17H20FNO3. The molecule has 0 radical (unpaired) electrons. The number of rotatable bonds is 6. The van der Waals surface area contributed by atoms with E-state index in [1.165, 1.54) is 6.07 Å². The minimum atomic E-state index is -0.422. The molecule has 0 aromatic heterocycles. The fourth-order valence-corrected chi connectivity index (χ4v) is 2.93.